The van der Waals surface area contributed by atoms with Crippen molar-refractivity contribution in [1.82, 2.24) is 15.5 Å². The lowest BCUT2D eigenvalue weighted by atomic mass is 9.55. The van der Waals surface area contributed by atoms with Gasteiger partial charge >= 0.3 is 0 Å². The van der Waals surface area contributed by atoms with Gasteiger partial charge in [-0.15, -0.1) is 0 Å². The summed E-state index contributed by atoms with van der Waals surface area (Å²) in [6.45, 7) is 11.1. The highest BCUT2D eigenvalue weighted by Crippen LogP contribution is 2.51. The van der Waals surface area contributed by atoms with Crippen LogP contribution in [-0.4, -0.2) is 61.3 Å². The average Bonchev–Trinajstić information content (AvgIpc) is 2.73. The molecule has 0 aromatic carbocycles. The fraction of sp³-hybridized carbons (Fsp3) is 0.957. The van der Waals surface area contributed by atoms with E-state index in [1.54, 1.807) is 0 Å². The zero-order valence-corrected chi connectivity index (χ0v) is 18.4. The van der Waals surface area contributed by atoms with Crippen LogP contribution in [0, 0.1) is 11.3 Å². The molecule has 0 radical (unpaired) electrons. The molecule has 0 aromatic heterocycles. The second-order valence-electron chi connectivity index (χ2n) is 10.1. The van der Waals surface area contributed by atoms with Crippen LogP contribution in [0.25, 0.3) is 0 Å². The quantitative estimate of drug-likeness (QED) is 0.569. The van der Waals surface area contributed by atoms with Crippen molar-refractivity contribution in [3.05, 3.63) is 0 Å². The summed E-state index contributed by atoms with van der Waals surface area (Å²) in [5, 5.41) is 7.60. The third-order valence-corrected chi connectivity index (χ3v) is 7.90. The standard InChI is InChI=1S/C23H42N4O/c1-4-24-22(26-20-19-11-8-16-28-21(19)23(20,2)3)25-17-12-14-27(15-13-17)18-9-6-5-7-10-18/h17-21H,4-16H2,1-3H3,(H2,24,25,26). The number of likely N-dealkylation sites (tertiary alicyclic amines) is 1. The van der Waals surface area contributed by atoms with Crippen LogP contribution in [0.1, 0.15) is 78.6 Å². The minimum atomic E-state index is 0.186. The lowest BCUT2D eigenvalue weighted by Crippen LogP contribution is -2.71. The van der Waals surface area contributed by atoms with E-state index < -0.39 is 0 Å². The number of nitrogens with zero attached hydrogens (tertiary/aromatic N) is 2. The number of aliphatic imine (C=N–C) groups is 1. The molecule has 2 N–H and O–H groups in total. The van der Waals surface area contributed by atoms with E-state index in [2.05, 4.69) is 36.3 Å². The number of piperidine rings is 1. The molecule has 160 valence electrons. The first kappa shape index (κ1) is 20.5. The first-order valence-corrected chi connectivity index (χ1v) is 12.0. The molecule has 5 heteroatoms. The van der Waals surface area contributed by atoms with Crippen LogP contribution < -0.4 is 10.6 Å². The fourth-order valence-electron chi connectivity index (χ4n) is 6.30. The summed E-state index contributed by atoms with van der Waals surface area (Å²) < 4.78 is 6.08. The van der Waals surface area contributed by atoms with E-state index in [9.17, 15) is 0 Å². The number of hydrogen-bond donors (Lipinski definition) is 2. The number of rotatable bonds is 4. The molecule has 2 saturated carbocycles. The summed E-state index contributed by atoms with van der Waals surface area (Å²) >= 11 is 0. The van der Waals surface area contributed by atoms with Crippen molar-refractivity contribution in [1.29, 1.82) is 0 Å². The van der Waals surface area contributed by atoms with Crippen LogP contribution in [0.2, 0.25) is 0 Å². The molecule has 2 aliphatic heterocycles. The summed E-state index contributed by atoms with van der Waals surface area (Å²) in [7, 11) is 0. The van der Waals surface area contributed by atoms with Gasteiger partial charge in [-0.25, -0.2) is 0 Å². The topological polar surface area (TPSA) is 48.9 Å². The zero-order chi connectivity index (χ0) is 19.6. The third kappa shape index (κ3) is 4.21. The molecule has 2 saturated heterocycles. The highest BCUT2D eigenvalue weighted by molar-refractivity contribution is 5.80. The maximum absolute atomic E-state index is 6.08. The Morgan fingerprint density at radius 3 is 2.46 bits per heavy atom. The number of fused-ring (bicyclic) bond motifs is 1. The number of ether oxygens (including phenoxy) is 1. The highest BCUT2D eigenvalue weighted by Gasteiger charge is 2.58. The Morgan fingerprint density at radius 2 is 1.75 bits per heavy atom. The Balaban J connectivity index is 1.29. The van der Waals surface area contributed by atoms with E-state index >= 15 is 0 Å². The zero-order valence-electron chi connectivity index (χ0n) is 18.4. The van der Waals surface area contributed by atoms with Crippen LogP contribution in [-0.2, 0) is 4.74 Å². The second kappa shape index (κ2) is 8.91. The van der Waals surface area contributed by atoms with Crippen LogP contribution in [0.15, 0.2) is 4.99 Å². The number of nitrogens with one attached hydrogen (secondary N) is 2. The van der Waals surface area contributed by atoms with E-state index in [4.69, 9.17) is 9.73 Å². The SMILES string of the molecule is CCN=C(NC1CCN(C2CCCCC2)CC1)NC1C2CCCOC2C1(C)C. The molecular weight excluding hydrogens is 348 g/mol. The van der Waals surface area contributed by atoms with Crippen molar-refractivity contribution in [2.45, 2.75) is 103 Å². The normalized spacial score (nSPS) is 35.1. The van der Waals surface area contributed by atoms with Crippen LogP contribution in [0.3, 0.4) is 0 Å². The van der Waals surface area contributed by atoms with Gasteiger partial charge in [0.25, 0.3) is 0 Å². The summed E-state index contributed by atoms with van der Waals surface area (Å²) in [5.74, 6) is 1.67. The molecule has 2 heterocycles. The van der Waals surface area contributed by atoms with Gasteiger partial charge in [0.2, 0.25) is 0 Å². The predicted octanol–water partition coefficient (Wildman–Crippen LogP) is 3.54. The van der Waals surface area contributed by atoms with E-state index in [0.29, 0.717) is 24.1 Å². The number of hydrogen-bond acceptors (Lipinski definition) is 3. The van der Waals surface area contributed by atoms with Gasteiger partial charge in [0, 0.05) is 55.7 Å². The van der Waals surface area contributed by atoms with Crippen molar-refractivity contribution in [3.8, 4) is 0 Å². The predicted molar refractivity (Wildman–Crippen MR) is 116 cm³/mol. The van der Waals surface area contributed by atoms with Gasteiger partial charge in [-0.2, -0.15) is 0 Å². The van der Waals surface area contributed by atoms with E-state index in [1.807, 2.05) is 0 Å². The molecule has 4 rings (SSSR count). The van der Waals surface area contributed by atoms with Crippen molar-refractivity contribution in [2.75, 3.05) is 26.2 Å². The van der Waals surface area contributed by atoms with Crippen molar-refractivity contribution in [2.24, 2.45) is 16.3 Å². The fourth-order valence-corrected chi connectivity index (χ4v) is 6.30. The van der Waals surface area contributed by atoms with E-state index in [1.165, 1.54) is 70.9 Å². The maximum Gasteiger partial charge on any atom is 0.191 e. The van der Waals surface area contributed by atoms with Gasteiger partial charge in [-0.05, 0) is 45.4 Å². The largest absolute Gasteiger partial charge is 0.377 e. The molecule has 0 spiro atoms. The van der Waals surface area contributed by atoms with Gasteiger partial charge < -0.3 is 20.3 Å². The molecule has 28 heavy (non-hydrogen) atoms. The molecule has 0 bridgehead atoms. The van der Waals surface area contributed by atoms with Crippen LogP contribution in [0.4, 0.5) is 0 Å². The van der Waals surface area contributed by atoms with Crippen molar-refractivity contribution >= 4 is 5.96 Å². The van der Waals surface area contributed by atoms with Crippen LogP contribution >= 0.6 is 0 Å². The van der Waals surface area contributed by atoms with Crippen molar-refractivity contribution < 1.29 is 4.74 Å². The molecule has 5 nitrogen and oxygen atoms in total. The Labute approximate surface area is 172 Å². The molecule has 4 fully saturated rings. The van der Waals surface area contributed by atoms with Gasteiger partial charge in [0.15, 0.2) is 5.96 Å². The molecule has 0 amide bonds. The molecule has 3 unspecified atom stereocenters. The molecule has 0 aromatic rings. The van der Waals surface area contributed by atoms with Gasteiger partial charge in [-0.3, -0.25) is 4.99 Å². The smallest absolute Gasteiger partial charge is 0.191 e. The van der Waals surface area contributed by atoms with Crippen LogP contribution in [0.5, 0.6) is 0 Å². The molecular formula is C23H42N4O. The highest BCUT2D eigenvalue weighted by atomic mass is 16.5. The summed E-state index contributed by atoms with van der Waals surface area (Å²) in [6, 6.07) is 1.88. The average molecular weight is 391 g/mol. The maximum atomic E-state index is 6.08. The second-order valence-corrected chi connectivity index (χ2v) is 10.1. The van der Waals surface area contributed by atoms with E-state index in [-0.39, 0.29) is 5.41 Å². The third-order valence-electron chi connectivity index (χ3n) is 7.90. The lowest BCUT2D eigenvalue weighted by Gasteiger charge is -2.60. The summed E-state index contributed by atoms with van der Waals surface area (Å²) in [4.78, 5) is 7.56. The monoisotopic (exact) mass is 390 g/mol. The Morgan fingerprint density at radius 1 is 1.00 bits per heavy atom. The first-order valence-electron chi connectivity index (χ1n) is 12.0. The lowest BCUT2D eigenvalue weighted by molar-refractivity contribution is -0.188. The van der Waals surface area contributed by atoms with Crippen molar-refractivity contribution in [3.63, 3.8) is 0 Å². The Hall–Kier alpha value is -0.810. The summed E-state index contributed by atoms with van der Waals surface area (Å²) in [5.41, 5.74) is 0.186. The minimum Gasteiger partial charge on any atom is -0.377 e. The Kier molecular flexibility index (Phi) is 6.51. The summed E-state index contributed by atoms with van der Waals surface area (Å²) in [6.07, 6.45) is 12.5. The number of guanidine groups is 1. The first-order chi connectivity index (χ1) is 13.6. The Bertz CT molecular complexity index is 535. The minimum absolute atomic E-state index is 0.186. The molecule has 3 atom stereocenters. The van der Waals surface area contributed by atoms with Gasteiger partial charge in [0.05, 0.1) is 6.10 Å². The molecule has 4 aliphatic rings. The van der Waals surface area contributed by atoms with E-state index in [0.717, 1.165) is 25.2 Å². The van der Waals surface area contributed by atoms with Gasteiger partial charge in [-0.1, -0.05) is 33.1 Å². The molecule has 2 aliphatic carbocycles. The van der Waals surface area contributed by atoms with Gasteiger partial charge in [0.1, 0.15) is 0 Å².